The predicted molar refractivity (Wildman–Crippen MR) is 57.2 cm³/mol. The Morgan fingerprint density at radius 2 is 1.85 bits per heavy atom. The van der Waals surface area contributed by atoms with Gasteiger partial charge in [0.2, 0.25) is 0 Å². The maximum atomic E-state index is 5.86. The molecule has 0 radical (unpaired) electrons. The maximum absolute atomic E-state index is 5.86. The number of benzene rings is 1. The van der Waals surface area contributed by atoms with Crippen molar-refractivity contribution in [3.63, 3.8) is 0 Å². The van der Waals surface area contributed by atoms with E-state index in [9.17, 15) is 0 Å². The van der Waals surface area contributed by atoms with Crippen molar-refractivity contribution in [3.8, 4) is 0 Å². The Hall–Kier alpha value is -0.280. The summed E-state index contributed by atoms with van der Waals surface area (Å²) in [5.74, 6) is 0. The van der Waals surface area contributed by atoms with Crippen LogP contribution in [0.3, 0.4) is 0 Å². The van der Waals surface area contributed by atoms with Gasteiger partial charge < -0.3 is 11.5 Å². The maximum Gasteiger partial charge on any atom is 0.0595 e. The van der Waals surface area contributed by atoms with Crippen LogP contribution in [0.15, 0.2) is 12.1 Å². The Balaban J connectivity index is 3.15. The number of hydrogen-bond donors (Lipinski definition) is 2. The predicted octanol–water partition coefficient (Wildman–Crippen LogP) is 2.26. The lowest BCUT2D eigenvalue weighted by molar-refractivity contribution is 0.732. The van der Waals surface area contributed by atoms with E-state index in [1.807, 2.05) is 6.92 Å². The van der Waals surface area contributed by atoms with E-state index < -0.39 is 0 Å². The van der Waals surface area contributed by atoms with E-state index in [0.717, 1.165) is 11.1 Å². The second-order valence-corrected chi connectivity index (χ2v) is 3.78. The normalized spacial score (nSPS) is 13.0. The monoisotopic (exact) mass is 218 g/mol. The molecule has 1 aromatic rings. The molecule has 1 aromatic carbocycles. The lowest BCUT2D eigenvalue weighted by Crippen LogP contribution is -2.21. The van der Waals surface area contributed by atoms with Crippen LogP contribution < -0.4 is 11.5 Å². The van der Waals surface area contributed by atoms with E-state index in [-0.39, 0.29) is 6.04 Å². The second kappa shape index (κ2) is 4.29. The first-order valence-corrected chi connectivity index (χ1v) is 4.73. The van der Waals surface area contributed by atoms with Gasteiger partial charge in [-0.2, -0.15) is 0 Å². The van der Waals surface area contributed by atoms with E-state index >= 15 is 0 Å². The van der Waals surface area contributed by atoms with Gasteiger partial charge in [0.15, 0.2) is 0 Å². The van der Waals surface area contributed by atoms with Crippen LogP contribution in [0.5, 0.6) is 0 Å². The molecule has 4 heteroatoms. The quantitative estimate of drug-likeness (QED) is 0.801. The standard InChI is InChI=1S/C9H12Cl2N2/c1-5-2-7(10)8(11)3-6(5)9(13)4-12/h2-3,9H,4,12-13H2,1H3/t9-/m1/s1. The van der Waals surface area contributed by atoms with Crippen molar-refractivity contribution in [2.75, 3.05) is 6.54 Å². The molecule has 1 atom stereocenters. The third-order valence-electron chi connectivity index (χ3n) is 1.96. The molecule has 0 heterocycles. The molecule has 1 rings (SSSR count). The van der Waals surface area contributed by atoms with Crippen molar-refractivity contribution in [1.29, 1.82) is 0 Å². The molecule has 4 N–H and O–H groups in total. The molecule has 0 spiro atoms. The summed E-state index contributed by atoms with van der Waals surface area (Å²) in [6.07, 6.45) is 0. The number of nitrogens with two attached hydrogens (primary N) is 2. The summed E-state index contributed by atoms with van der Waals surface area (Å²) in [7, 11) is 0. The molecule has 0 amide bonds. The zero-order valence-electron chi connectivity index (χ0n) is 7.35. The summed E-state index contributed by atoms with van der Waals surface area (Å²) >= 11 is 11.7. The van der Waals surface area contributed by atoms with Crippen molar-refractivity contribution < 1.29 is 0 Å². The highest BCUT2D eigenvalue weighted by atomic mass is 35.5. The van der Waals surface area contributed by atoms with E-state index in [0.29, 0.717) is 16.6 Å². The minimum atomic E-state index is -0.172. The molecule has 2 nitrogen and oxygen atoms in total. The van der Waals surface area contributed by atoms with Gasteiger partial charge in [-0.1, -0.05) is 23.2 Å². The van der Waals surface area contributed by atoms with Crippen LogP contribution in [0.4, 0.5) is 0 Å². The molecule has 0 bridgehead atoms. The SMILES string of the molecule is Cc1cc(Cl)c(Cl)cc1[C@H](N)CN. The van der Waals surface area contributed by atoms with Crippen molar-refractivity contribution >= 4 is 23.2 Å². The summed E-state index contributed by atoms with van der Waals surface area (Å²) in [5.41, 5.74) is 13.2. The Kier molecular flexibility index (Phi) is 3.56. The van der Waals surface area contributed by atoms with Gasteiger partial charge in [0.05, 0.1) is 10.0 Å². The van der Waals surface area contributed by atoms with E-state index in [1.54, 1.807) is 12.1 Å². The summed E-state index contributed by atoms with van der Waals surface area (Å²) in [5, 5.41) is 1.07. The lowest BCUT2D eigenvalue weighted by atomic mass is 10.0. The molecule has 0 aliphatic carbocycles. The molecule has 0 saturated heterocycles. The first-order chi connectivity index (χ1) is 6.06. The molecule has 13 heavy (non-hydrogen) atoms. The smallest absolute Gasteiger partial charge is 0.0595 e. The molecule has 0 aliphatic heterocycles. The lowest BCUT2D eigenvalue weighted by Gasteiger charge is -2.13. The van der Waals surface area contributed by atoms with Gasteiger partial charge in [-0.05, 0) is 30.2 Å². The van der Waals surface area contributed by atoms with Crippen LogP contribution in [-0.4, -0.2) is 6.54 Å². The van der Waals surface area contributed by atoms with Crippen molar-refractivity contribution in [3.05, 3.63) is 33.3 Å². The minimum absolute atomic E-state index is 0.172. The first kappa shape index (κ1) is 10.8. The summed E-state index contributed by atoms with van der Waals surface area (Å²) < 4.78 is 0. The zero-order chi connectivity index (χ0) is 10.0. The highest BCUT2D eigenvalue weighted by molar-refractivity contribution is 6.42. The number of aryl methyl sites for hydroxylation is 1. The van der Waals surface area contributed by atoms with Crippen molar-refractivity contribution in [2.45, 2.75) is 13.0 Å². The van der Waals surface area contributed by atoms with E-state index in [4.69, 9.17) is 34.7 Å². The highest BCUT2D eigenvalue weighted by Crippen LogP contribution is 2.27. The van der Waals surface area contributed by atoms with E-state index in [1.165, 1.54) is 0 Å². The van der Waals surface area contributed by atoms with Crippen LogP contribution in [0.1, 0.15) is 17.2 Å². The number of hydrogen-bond acceptors (Lipinski definition) is 2. The van der Waals surface area contributed by atoms with Gasteiger partial charge in [-0.15, -0.1) is 0 Å². The fourth-order valence-corrected chi connectivity index (χ4v) is 1.58. The van der Waals surface area contributed by atoms with Gasteiger partial charge in [0, 0.05) is 12.6 Å². The Labute approximate surface area is 87.8 Å². The fourth-order valence-electron chi connectivity index (χ4n) is 1.19. The van der Waals surface area contributed by atoms with Gasteiger partial charge in [-0.25, -0.2) is 0 Å². The average molecular weight is 219 g/mol. The van der Waals surface area contributed by atoms with Gasteiger partial charge >= 0.3 is 0 Å². The Morgan fingerprint density at radius 3 is 2.38 bits per heavy atom. The van der Waals surface area contributed by atoms with Crippen LogP contribution in [-0.2, 0) is 0 Å². The number of halogens is 2. The molecule has 0 unspecified atom stereocenters. The molecule has 72 valence electrons. The van der Waals surface area contributed by atoms with E-state index in [2.05, 4.69) is 0 Å². The highest BCUT2D eigenvalue weighted by Gasteiger charge is 2.09. The van der Waals surface area contributed by atoms with Crippen molar-refractivity contribution in [1.82, 2.24) is 0 Å². The Bertz CT molecular complexity index is 313. The molecule has 0 aromatic heterocycles. The third kappa shape index (κ3) is 2.35. The summed E-state index contributed by atoms with van der Waals surface area (Å²) in [6.45, 7) is 2.34. The fraction of sp³-hybridized carbons (Fsp3) is 0.333. The molecule has 0 saturated carbocycles. The van der Waals surface area contributed by atoms with Crippen molar-refractivity contribution in [2.24, 2.45) is 11.5 Å². The summed E-state index contributed by atoms with van der Waals surface area (Å²) in [6, 6.07) is 3.40. The molecule has 0 aliphatic rings. The van der Waals surface area contributed by atoms with Crippen LogP contribution in [0, 0.1) is 6.92 Å². The van der Waals surface area contributed by atoms with Gasteiger partial charge in [-0.3, -0.25) is 0 Å². The first-order valence-electron chi connectivity index (χ1n) is 3.97. The topological polar surface area (TPSA) is 52.0 Å². The third-order valence-corrected chi connectivity index (χ3v) is 2.68. The van der Waals surface area contributed by atoms with Crippen LogP contribution in [0.2, 0.25) is 10.0 Å². The zero-order valence-corrected chi connectivity index (χ0v) is 8.86. The van der Waals surface area contributed by atoms with Crippen LogP contribution >= 0.6 is 23.2 Å². The van der Waals surface area contributed by atoms with Gasteiger partial charge in [0.25, 0.3) is 0 Å². The Morgan fingerprint density at radius 1 is 1.31 bits per heavy atom. The van der Waals surface area contributed by atoms with Crippen LogP contribution in [0.25, 0.3) is 0 Å². The van der Waals surface area contributed by atoms with Gasteiger partial charge in [0.1, 0.15) is 0 Å². The second-order valence-electron chi connectivity index (χ2n) is 2.97. The molecular weight excluding hydrogens is 207 g/mol. The average Bonchev–Trinajstić information content (AvgIpc) is 2.10. The minimum Gasteiger partial charge on any atom is -0.329 e. The number of rotatable bonds is 2. The largest absolute Gasteiger partial charge is 0.329 e. The summed E-state index contributed by atoms with van der Waals surface area (Å²) in [4.78, 5) is 0. The molecular formula is C9H12Cl2N2. The molecule has 0 fully saturated rings.